The topological polar surface area (TPSA) is 80.9 Å². The zero-order valence-electron chi connectivity index (χ0n) is 15.3. The van der Waals surface area contributed by atoms with Gasteiger partial charge in [-0.15, -0.1) is 0 Å². The van der Waals surface area contributed by atoms with E-state index in [2.05, 4.69) is 10.6 Å². The lowest BCUT2D eigenvalue weighted by atomic mass is 10.1. The number of anilines is 1. The van der Waals surface area contributed by atoms with Crippen LogP contribution in [0.5, 0.6) is 11.5 Å². The van der Waals surface area contributed by atoms with E-state index < -0.39 is 0 Å². The standard InChI is InChI=1S/C19H30N4O2S/c20-9-11-26-12-10-21-19(22-15-5-3-1-2-4-6-15)23-16-7-8-17-18(13-16)25-14-24-17/h7-8,13,15H,1-6,9-12,14,20H2,(H2,21,22,23). The number of ether oxygens (including phenoxy) is 2. The van der Waals surface area contributed by atoms with E-state index in [0.29, 0.717) is 12.8 Å². The minimum absolute atomic E-state index is 0.290. The molecule has 1 aliphatic heterocycles. The van der Waals surface area contributed by atoms with Crippen molar-refractivity contribution in [2.24, 2.45) is 10.7 Å². The van der Waals surface area contributed by atoms with Gasteiger partial charge in [-0.25, -0.2) is 0 Å². The molecule has 1 saturated carbocycles. The Labute approximate surface area is 160 Å². The van der Waals surface area contributed by atoms with Crippen LogP contribution in [0.2, 0.25) is 0 Å². The molecule has 144 valence electrons. The predicted molar refractivity (Wildman–Crippen MR) is 109 cm³/mol. The van der Waals surface area contributed by atoms with Gasteiger partial charge in [0.25, 0.3) is 0 Å². The van der Waals surface area contributed by atoms with Gasteiger partial charge in [0.05, 0.1) is 6.54 Å². The third kappa shape index (κ3) is 5.99. The summed E-state index contributed by atoms with van der Waals surface area (Å²) >= 11 is 1.84. The maximum Gasteiger partial charge on any atom is 0.231 e. The second-order valence-corrected chi connectivity index (χ2v) is 7.88. The van der Waals surface area contributed by atoms with E-state index in [1.165, 1.54) is 38.5 Å². The van der Waals surface area contributed by atoms with Crippen LogP contribution in [-0.2, 0) is 0 Å². The Kier molecular flexibility index (Phi) is 7.76. The zero-order valence-corrected chi connectivity index (χ0v) is 16.2. The van der Waals surface area contributed by atoms with Gasteiger partial charge < -0.3 is 25.8 Å². The van der Waals surface area contributed by atoms with Crippen molar-refractivity contribution >= 4 is 23.4 Å². The molecule has 7 heteroatoms. The Hall–Kier alpha value is -1.60. The Balaban J connectivity index is 1.62. The molecule has 1 aliphatic carbocycles. The van der Waals surface area contributed by atoms with Crippen LogP contribution >= 0.6 is 11.8 Å². The van der Waals surface area contributed by atoms with Gasteiger partial charge in [-0.1, -0.05) is 25.7 Å². The molecule has 1 aromatic carbocycles. The molecule has 0 atom stereocenters. The quantitative estimate of drug-likeness (QED) is 0.293. The molecule has 0 unspecified atom stereocenters. The first-order valence-electron chi connectivity index (χ1n) is 9.60. The minimum Gasteiger partial charge on any atom is -0.454 e. The molecule has 0 aromatic heterocycles. The lowest BCUT2D eigenvalue weighted by Gasteiger charge is -2.20. The largest absolute Gasteiger partial charge is 0.454 e. The number of nitrogens with two attached hydrogens (primary N) is 1. The summed E-state index contributed by atoms with van der Waals surface area (Å²) in [6.45, 7) is 1.78. The number of guanidine groups is 1. The van der Waals surface area contributed by atoms with Crippen molar-refractivity contribution in [3.63, 3.8) is 0 Å². The molecule has 6 nitrogen and oxygen atoms in total. The van der Waals surface area contributed by atoms with E-state index in [1.54, 1.807) is 0 Å². The fourth-order valence-electron chi connectivity index (χ4n) is 3.26. The maximum atomic E-state index is 5.55. The Morgan fingerprint density at radius 1 is 1.12 bits per heavy atom. The van der Waals surface area contributed by atoms with Crippen LogP contribution in [0.3, 0.4) is 0 Å². The summed E-state index contributed by atoms with van der Waals surface area (Å²) in [4.78, 5) is 4.77. The maximum absolute atomic E-state index is 5.55. The highest BCUT2D eigenvalue weighted by atomic mass is 32.2. The second-order valence-electron chi connectivity index (χ2n) is 6.66. The van der Waals surface area contributed by atoms with Gasteiger partial charge in [0.15, 0.2) is 17.5 Å². The van der Waals surface area contributed by atoms with Crippen molar-refractivity contribution in [3.8, 4) is 11.5 Å². The van der Waals surface area contributed by atoms with Crippen molar-refractivity contribution < 1.29 is 9.47 Å². The summed E-state index contributed by atoms with van der Waals surface area (Å²) in [6, 6.07) is 6.40. The van der Waals surface area contributed by atoms with E-state index >= 15 is 0 Å². The molecule has 1 aromatic rings. The fourth-order valence-corrected chi connectivity index (χ4v) is 3.85. The molecule has 0 radical (unpaired) electrons. The van der Waals surface area contributed by atoms with E-state index in [0.717, 1.165) is 47.7 Å². The molecular formula is C19H30N4O2S. The van der Waals surface area contributed by atoms with Crippen LogP contribution in [0.25, 0.3) is 0 Å². The van der Waals surface area contributed by atoms with Crippen LogP contribution in [0.15, 0.2) is 23.2 Å². The number of rotatable bonds is 7. The van der Waals surface area contributed by atoms with Crippen molar-refractivity contribution in [1.82, 2.24) is 5.32 Å². The van der Waals surface area contributed by atoms with E-state index in [-0.39, 0.29) is 0 Å². The Morgan fingerprint density at radius 3 is 2.73 bits per heavy atom. The summed E-state index contributed by atoms with van der Waals surface area (Å²) in [5, 5.41) is 7.07. The highest BCUT2D eigenvalue weighted by molar-refractivity contribution is 7.99. The third-order valence-corrected chi connectivity index (χ3v) is 5.59. The molecule has 0 amide bonds. The van der Waals surface area contributed by atoms with Gasteiger partial charge in [-0.05, 0) is 25.0 Å². The SMILES string of the molecule is NCCSCCN=C(Nc1ccc2c(c1)OCO2)NC1CCCCCC1. The van der Waals surface area contributed by atoms with E-state index in [1.807, 2.05) is 30.0 Å². The summed E-state index contributed by atoms with van der Waals surface area (Å²) < 4.78 is 10.9. The lowest BCUT2D eigenvalue weighted by Crippen LogP contribution is -2.39. The van der Waals surface area contributed by atoms with Gasteiger partial charge in [0.2, 0.25) is 6.79 Å². The number of nitrogens with one attached hydrogen (secondary N) is 2. The molecule has 0 saturated heterocycles. The molecule has 4 N–H and O–H groups in total. The third-order valence-electron chi connectivity index (χ3n) is 4.60. The number of thioether (sulfide) groups is 1. The number of fused-ring (bicyclic) bond motifs is 1. The Morgan fingerprint density at radius 2 is 1.92 bits per heavy atom. The first-order chi connectivity index (χ1) is 12.8. The highest BCUT2D eigenvalue weighted by Crippen LogP contribution is 2.34. The molecule has 1 fully saturated rings. The number of hydrogen-bond donors (Lipinski definition) is 3. The average Bonchev–Trinajstić information content (AvgIpc) is 2.96. The van der Waals surface area contributed by atoms with Gasteiger partial charge in [-0.2, -0.15) is 11.8 Å². The first-order valence-corrected chi connectivity index (χ1v) is 10.8. The minimum atomic E-state index is 0.290. The molecule has 0 spiro atoms. The van der Waals surface area contributed by atoms with Gasteiger partial charge in [0, 0.05) is 35.8 Å². The average molecular weight is 379 g/mol. The number of benzene rings is 1. The van der Waals surface area contributed by atoms with Gasteiger partial charge >= 0.3 is 0 Å². The molecule has 1 heterocycles. The summed E-state index contributed by atoms with van der Waals surface area (Å²) in [5.41, 5.74) is 6.51. The van der Waals surface area contributed by atoms with Crippen molar-refractivity contribution in [2.45, 2.75) is 44.6 Å². The van der Waals surface area contributed by atoms with E-state index in [4.69, 9.17) is 20.2 Å². The molecule has 3 rings (SSSR count). The summed E-state index contributed by atoms with van der Waals surface area (Å²) in [6.07, 6.45) is 7.70. The van der Waals surface area contributed by atoms with Gasteiger partial charge in [-0.3, -0.25) is 4.99 Å². The lowest BCUT2D eigenvalue weighted by molar-refractivity contribution is 0.174. The molecule has 0 bridgehead atoms. The first kappa shape index (κ1) is 19.2. The monoisotopic (exact) mass is 378 g/mol. The molecular weight excluding hydrogens is 348 g/mol. The zero-order chi connectivity index (χ0) is 18.0. The van der Waals surface area contributed by atoms with Crippen molar-refractivity contribution in [1.29, 1.82) is 0 Å². The smallest absolute Gasteiger partial charge is 0.231 e. The summed E-state index contributed by atoms with van der Waals surface area (Å²) in [5.74, 6) is 4.39. The predicted octanol–water partition coefficient (Wildman–Crippen LogP) is 3.19. The van der Waals surface area contributed by atoms with Crippen molar-refractivity contribution in [2.75, 3.05) is 36.7 Å². The number of nitrogens with zero attached hydrogens (tertiary/aromatic N) is 1. The highest BCUT2D eigenvalue weighted by Gasteiger charge is 2.16. The Bertz CT molecular complexity index is 589. The van der Waals surface area contributed by atoms with Crippen LogP contribution in [0, 0.1) is 0 Å². The van der Waals surface area contributed by atoms with Gasteiger partial charge in [0.1, 0.15) is 0 Å². The van der Waals surface area contributed by atoms with Crippen molar-refractivity contribution in [3.05, 3.63) is 18.2 Å². The molecule has 2 aliphatic rings. The number of hydrogen-bond acceptors (Lipinski definition) is 5. The molecule has 26 heavy (non-hydrogen) atoms. The van der Waals surface area contributed by atoms with Crippen LogP contribution in [-0.4, -0.2) is 43.4 Å². The normalized spacial score (nSPS) is 17.8. The van der Waals surface area contributed by atoms with Crippen LogP contribution in [0.4, 0.5) is 5.69 Å². The van der Waals surface area contributed by atoms with E-state index in [9.17, 15) is 0 Å². The van der Waals surface area contributed by atoms with Crippen LogP contribution in [0.1, 0.15) is 38.5 Å². The summed E-state index contributed by atoms with van der Waals surface area (Å²) in [7, 11) is 0. The number of aliphatic imine (C=N–C) groups is 1. The fraction of sp³-hybridized carbons (Fsp3) is 0.632. The van der Waals surface area contributed by atoms with Crippen LogP contribution < -0.4 is 25.8 Å². The second kappa shape index (κ2) is 10.5.